The van der Waals surface area contributed by atoms with Crippen LogP contribution in [0, 0.1) is 46.3 Å². The molecule has 6 nitrogen and oxygen atoms in total. The van der Waals surface area contributed by atoms with Crippen LogP contribution >= 0.6 is 0 Å². The third kappa shape index (κ3) is 8.01. The molecule has 0 bridgehead atoms. The van der Waals surface area contributed by atoms with Crippen LogP contribution in [-0.2, 0) is 0 Å². The number of nitrogens with one attached hydrogen (secondary N) is 3. The minimum Gasteiger partial charge on any atom is -0.393 e. The number of aliphatic hydroxyl groups excluding tert-OH is 1. The van der Waals surface area contributed by atoms with Crippen LogP contribution in [0.15, 0.2) is 0 Å². The van der Waals surface area contributed by atoms with Crippen molar-refractivity contribution in [2.75, 3.05) is 39.3 Å². The first-order valence-electron chi connectivity index (χ1n) is 18.8. The molecule has 4 rings (SSSR count). The Kier molecular flexibility index (Phi) is 13.3. The molecule has 43 heavy (non-hydrogen) atoms. The Morgan fingerprint density at radius 3 is 2.19 bits per heavy atom. The second-order valence-corrected chi connectivity index (χ2v) is 16.6. The zero-order valence-electron chi connectivity index (χ0n) is 28.9. The average Bonchev–Trinajstić information content (AvgIpc) is 3.32. The number of aliphatic hydroxyl groups is 2. The highest BCUT2D eigenvalue weighted by Crippen LogP contribution is 2.69. The maximum atomic E-state index is 12.5. The van der Waals surface area contributed by atoms with Gasteiger partial charge in [-0.25, -0.2) is 0 Å². The Morgan fingerprint density at radius 2 is 1.49 bits per heavy atom. The van der Waals surface area contributed by atoms with Gasteiger partial charge in [-0.05, 0) is 151 Å². The summed E-state index contributed by atoms with van der Waals surface area (Å²) in [6, 6.07) is 0.0816. The van der Waals surface area contributed by atoms with E-state index in [2.05, 4.69) is 50.6 Å². The molecule has 4 saturated carbocycles. The van der Waals surface area contributed by atoms with Crippen LogP contribution in [0.3, 0.4) is 0 Å². The normalized spacial score (nSPS) is 39.8. The maximum Gasteiger partial charge on any atom is 0.0880 e. The summed E-state index contributed by atoms with van der Waals surface area (Å²) in [4.78, 5) is 0. The van der Waals surface area contributed by atoms with Gasteiger partial charge < -0.3 is 31.9 Å². The van der Waals surface area contributed by atoms with Gasteiger partial charge in [0.25, 0.3) is 0 Å². The van der Waals surface area contributed by atoms with Crippen LogP contribution in [0.4, 0.5) is 0 Å². The largest absolute Gasteiger partial charge is 0.393 e. The summed E-state index contributed by atoms with van der Waals surface area (Å²) in [6.45, 7) is 18.3. The molecule has 0 radical (unpaired) electrons. The van der Waals surface area contributed by atoms with Gasteiger partial charge in [0.2, 0.25) is 0 Å². The third-order valence-electron chi connectivity index (χ3n) is 13.5. The lowest BCUT2D eigenvalue weighted by Gasteiger charge is -2.66. The van der Waals surface area contributed by atoms with Gasteiger partial charge in [-0.3, -0.25) is 0 Å². The van der Waals surface area contributed by atoms with Gasteiger partial charge in [-0.1, -0.05) is 53.9 Å². The molecule has 4 fully saturated rings. The van der Waals surface area contributed by atoms with Crippen molar-refractivity contribution in [2.24, 2.45) is 52.1 Å². The van der Waals surface area contributed by atoms with Crippen LogP contribution in [-0.4, -0.2) is 67.2 Å². The Labute approximate surface area is 265 Å². The van der Waals surface area contributed by atoms with E-state index in [-0.39, 0.29) is 17.6 Å². The molecule has 4 aliphatic rings. The monoisotopic (exact) mass is 605 g/mol. The van der Waals surface area contributed by atoms with E-state index in [9.17, 15) is 10.2 Å². The summed E-state index contributed by atoms with van der Waals surface area (Å²) in [7, 11) is 0. The average molecular weight is 605 g/mol. The molecule has 0 amide bonds. The number of nitrogens with two attached hydrogens (primary N) is 1. The predicted molar refractivity (Wildman–Crippen MR) is 181 cm³/mol. The first-order chi connectivity index (χ1) is 20.6. The Hall–Kier alpha value is -0.240. The summed E-state index contributed by atoms with van der Waals surface area (Å²) in [6.07, 6.45) is 17.1. The minimum absolute atomic E-state index is 0.0816. The van der Waals surface area contributed by atoms with E-state index in [1.165, 1.54) is 57.8 Å². The van der Waals surface area contributed by atoms with Gasteiger partial charge >= 0.3 is 0 Å². The fourth-order valence-corrected chi connectivity index (χ4v) is 11.0. The molecule has 0 aliphatic heterocycles. The molecule has 0 heterocycles. The Morgan fingerprint density at radius 1 is 0.791 bits per heavy atom. The summed E-state index contributed by atoms with van der Waals surface area (Å²) in [5.74, 6) is 4.55. The first kappa shape index (κ1) is 35.6. The van der Waals surface area contributed by atoms with Crippen molar-refractivity contribution in [1.29, 1.82) is 0 Å². The summed E-state index contributed by atoms with van der Waals surface area (Å²) < 4.78 is 0. The minimum atomic E-state index is -0.813. The molecule has 0 aromatic heterocycles. The highest BCUT2D eigenvalue weighted by atomic mass is 16.3. The van der Waals surface area contributed by atoms with E-state index in [1.54, 1.807) is 0 Å². The van der Waals surface area contributed by atoms with Crippen LogP contribution in [0.2, 0.25) is 0 Å². The third-order valence-corrected chi connectivity index (χ3v) is 13.5. The molecular weight excluding hydrogens is 532 g/mol. The molecule has 3 unspecified atom stereocenters. The summed E-state index contributed by atoms with van der Waals surface area (Å²) in [5.41, 5.74) is 5.09. The second-order valence-electron chi connectivity index (χ2n) is 16.6. The molecule has 4 aliphatic carbocycles. The lowest BCUT2D eigenvalue weighted by molar-refractivity contribution is -0.234. The molecule has 10 atom stereocenters. The molecule has 0 saturated heterocycles. The van der Waals surface area contributed by atoms with Crippen molar-refractivity contribution in [2.45, 2.75) is 149 Å². The van der Waals surface area contributed by atoms with Crippen molar-refractivity contribution in [3.05, 3.63) is 0 Å². The van der Waals surface area contributed by atoms with Crippen LogP contribution in [0.1, 0.15) is 131 Å². The van der Waals surface area contributed by atoms with Gasteiger partial charge in [-0.15, -0.1) is 0 Å². The zero-order chi connectivity index (χ0) is 31.1. The molecule has 0 aromatic carbocycles. The molecule has 7 N–H and O–H groups in total. The van der Waals surface area contributed by atoms with Crippen LogP contribution in [0.25, 0.3) is 0 Å². The van der Waals surface area contributed by atoms with E-state index in [0.29, 0.717) is 23.7 Å². The number of unbranched alkanes of at least 4 members (excludes halogenated alkanes) is 1. The second kappa shape index (κ2) is 16.0. The molecule has 0 aromatic rings. The molecule has 6 heteroatoms. The number of fused-ring (bicyclic) bond motifs is 5. The quantitative estimate of drug-likeness (QED) is 0.110. The number of rotatable bonds is 18. The molecule has 0 spiro atoms. The van der Waals surface area contributed by atoms with Gasteiger partial charge in [0.05, 0.1) is 11.7 Å². The van der Waals surface area contributed by atoms with E-state index < -0.39 is 5.60 Å². The van der Waals surface area contributed by atoms with Crippen molar-refractivity contribution in [3.63, 3.8) is 0 Å². The van der Waals surface area contributed by atoms with Crippen molar-refractivity contribution in [3.8, 4) is 0 Å². The fraction of sp³-hybridized carbons (Fsp3) is 1.00. The van der Waals surface area contributed by atoms with Crippen LogP contribution < -0.4 is 21.7 Å². The van der Waals surface area contributed by atoms with Crippen molar-refractivity contribution < 1.29 is 10.2 Å². The smallest absolute Gasteiger partial charge is 0.0880 e. The Bertz CT molecular complexity index is 826. The van der Waals surface area contributed by atoms with Gasteiger partial charge in [0.1, 0.15) is 0 Å². The lowest BCUT2D eigenvalue weighted by atomic mass is 9.42. The summed E-state index contributed by atoms with van der Waals surface area (Å²) >= 11 is 0. The zero-order valence-corrected chi connectivity index (χ0v) is 28.9. The van der Waals surface area contributed by atoms with Gasteiger partial charge in [-0.2, -0.15) is 0 Å². The van der Waals surface area contributed by atoms with E-state index in [4.69, 9.17) is 5.73 Å². The standard InChI is InChI=1S/C37H72N4O2/c1-27(2)11-8-12-28(3)31-13-14-32-30-25-34(41-24-10-23-40-21-7-6-20-39-22-9-19-38)37(43)26-29(42)15-18-36(37,5)33(30)16-17-35(31,32)4/h27-34,39-43H,6-26,38H2,1-5H3/t28-,29?,30+,31-,32+,33+,34?,35-,36-,37?/m1/s1. The lowest BCUT2D eigenvalue weighted by Crippen LogP contribution is -2.71. The van der Waals surface area contributed by atoms with Gasteiger partial charge in [0.15, 0.2) is 0 Å². The maximum absolute atomic E-state index is 12.5. The highest BCUT2D eigenvalue weighted by molar-refractivity contribution is 5.18. The van der Waals surface area contributed by atoms with Crippen molar-refractivity contribution in [1.82, 2.24) is 16.0 Å². The molecular formula is C37H72N4O2. The van der Waals surface area contributed by atoms with Crippen LogP contribution in [0.5, 0.6) is 0 Å². The van der Waals surface area contributed by atoms with Crippen molar-refractivity contribution >= 4 is 0 Å². The van der Waals surface area contributed by atoms with E-state index >= 15 is 0 Å². The number of hydrogen-bond acceptors (Lipinski definition) is 6. The SMILES string of the molecule is CC(C)CCC[C@@H](C)[C@H]1CC[C@H]2[C@@H]3CC(NCCCNCCCCNCCCN)C4(O)CC(O)CC[C@]4(C)[C@H]3CC[C@]12C. The summed E-state index contributed by atoms with van der Waals surface area (Å²) in [5, 5.41) is 34.3. The fourth-order valence-electron chi connectivity index (χ4n) is 11.0. The first-order valence-corrected chi connectivity index (χ1v) is 18.8. The van der Waals surface area contributed by atoms with E-state index in [1.807, 2.05) is 0 Å². The van der Waals surface area contributed by atoms with E-state index in [0.717, 1.165) is 95.0 Å². The molecule has 252 valence electrons. The highest BCUT2D eigenvalue weighted by Gasteiger charge is 2.67. The van der Waals surface area contributed by atoms with Gasteiger partial charge in [0, 0.05) is 17.9 Å². The predicted octanol–water partition coefficient (Wildman–Crippen LogP) is 5.85. The number of hydrogen-bond donors (Lipinski definition) is 6. The Balaban J connectivity index is 1.34. The topological polar surface area (TPSA) is 103 Å².